The fourth-order valence-electron chi connectivity index (χ4n) is 2.51. The number of urea groups is 1. The van der Waals surface area contributed by atoms with Crippen molar-refractivity contribution in [2.75, 3.05) is 16.8 Å². The lowest BCUT2D eigenvalue weighted by molar-refractivity contribution is 0.208. The van der Waals surface area contributed by atoms with E-state index in [0.717, 1.165) is 17.0 Å². The molecule has 1 N–H and O–H groups in total. The third kappa shape index (κ3) is 2.74. The number of para-hydroxylation sites is 2. The highest BCUT2D eigenvalue weighted by Gasteiger charge is 2.27. The molecule has 5 heteroatoms. The van der Waals surface area contributed by atoms with Gasteiger partial charge in [-0.3, -0.25) is 4.90 Å². The van der Waals surface area contributed by atoms with Gasteiger partial charge in [0.2, 0.25) is 0 Å². The van der Waals surface area contributed by atoms with Crippen molar-refractivity contribution < 1.29 is 9.53 Å². The second-order valence-electron chi connectivity index (χ2n) is 5.35. The van der Waals surface area contributed by atoms with E-state index in [-0.39, 0.29) is 12.1 Å². The smallest absolute Gasteiger partial charge is 0.326 e. The molecule has 22 heavy (non-hydrogen) atoms. The Morgan fingerprint density at radius 1 is 1.27 bits per heavy atom. The summed E-state index contributed by atoms with van der Waals surface area (Å²) in [6, 6.07) is 12.8. The number of nitrogens with one attached hydrogen (secondary N) is 1. The zero-order chi connectivity index (χ0) is 15.7. The molecule has 0 saturated carbocycles. The number of halogens is 1. The van der Waals surface area contributed by atoms with E-state index in [1.165, 1.54) is 0 Å². The summed E-state index contributed by atoms with van der Waals surface area (Å²) in [5, 5.41) is 3.56. The molecule has 0 aromatic heterocycles. The predicted octanol–water partition coefficient (Wildman–Crippen LogP) is 4.47. The number of amides is 2. The number of carbonyl (C=O) groups excluding carboxylic acids is 1. The molecule has 1 aliphatic rings. The lowest BCUT2D eigenvalue weighted by atomic mass is 10.2. The molecular formula is C17H17ClN2O2. The Morgan fingerprint density at radius 2 is 2.05 bits per heavy atom. The highest BCUT2D eigenvalue weighted by molar-refractivity contribution is 6.31. The second-order valence-corrected chi connectivity index (χ2v) is 5.76. The third-order valence-electron chi connectivity index (χ3n) is 3.68. The van der Waals surface area contributed by atoms with Gasteiger partial charge in [0, 0.05) is 10.7 Å². The van der Waals surface area contributed by atoms with Crippen LogP contribution in [-0.2, 0) is 0 Å². The van der Waals surface area contributed by atoms with Gasteiger partial charge in [0.1, 0.15) is 11.9 Å². The van der Waals surface area contributed by atoms with Crippen molar-refractivity contribution in [3.63, 3.8) is 0 Å². The van der Waals surface area contributed by atoms with Crippen molar-refractivity contribution in [2.45, 2.75) is 20.0 Å². The molecule has 0 radical (unpaired) electrons. The van der Waals surface area contributed by atoms with Gasteiger partial charge in [-0.1, -0.05) is 29.8 Å². The number of carbonyl (C=O) groups is 1. The van der Waals surface area contributed by atoms with Gasteiger partial charge in [-0.05, 0) is 43.7 Å². The van der Waals surface area contributed by atoms with E-state index in [1.54, 1.807) is 11.0 Å². The quantitative estimate of drug-likeness (QED) is 0.843. The van der Waals surface area contributed by atoms with Crippen molar-refractivity contribution in [1.29, 1.82) is 0 Å². The molecule has 4 nitrogen and oxygen atoms in total. The van der Waals surface area contributed by atoms with Crippen molar-refractivity contribution >= 4 is 29.0 Å². The molecule has 0 spiro atoms. The molecule has 0 bridgehead atoms. The van der Waals surface area contributed by atoms with E-state index >= 15 is 0 Å². The molecule has 1 atom stereocenters. The van der Waals surface area contributed by atoms with Gasteiger partial charge >= 0.3 is 6.03 Å². The number of rotatable bonds is 1. The summed E-state index contributed by atoms with van der Waals surface area (Å²) in [5.41, 5.74) is 2.35. The molecule has 0 fully saturated rings. The van der Waals surface area contributed by atoms with Crippen LogP contribution in [0.4, 0.5) is 16.2 Å². The van der Waals surface area contributed by atoms with E-state index in [4.69, 9.17) is 16.3 Å². The van der Waals surface area contributed by atoms with E-state index in [2.05, 4.69) is 5.32 Å². The van der Waals surface area contributed by atoms with E-state index in [1.807, 2.05) is 50.2 Å². The zero-order valence-electron chi connectivity index (χ0n) is 12.5. The first-order chi connectivity index (χ1) is 10.6. The van der Waals surface area contributed by atoms with Gasteiger partial charge in [-0.2, -0.15) is 0 Å². The first-order valence-electron chi connectivity index (χ1n) is 7.15. The summed E-state index contributed by atoms with van der Waals surface area (Å²) in [4.78, 5) is 14.4. The summed E-state index contributed by atoms with van der Waals surface area (Å²) in [7, 11) is 0. The minimum atomic E-state index is -0.187. The number of ether oxygens (including phenoxy) is 1. The number of benzene rings is 2. The lowest BCUT2D eigenvalue weighted by Gasteiger charge is -2.33. The molecule has 0 saturated heterocycles. The summed E-state index contributed by atoms with van der Waals surface area (Å²) in [6.45, 7) is 4.33. The maximum atomic E-state index is 12.7. The van der Waals surface area contributed by atoms with E-state index in [9.17, 15) is 4.79 Å². The molecule has 2 amide bonds. The monoisotopic (exact) mass is 316 g/mol. The van der Waals surface area contributed by atoms with Crippen LogP contribution in [0.2, 0.25) is 5.02 Å². The summed E-state index contributed by atoms with van der Waals surface area (Å²) in [5.74, 6) is 0.721. The first-order valence-corrected chi connectivity index (χ1v) is 7.53. The minimum absolute atomic E-state index is 0.0545. The van der Waals surface area contributed by atoms with Crippen molar-refractivity contribution in [3.8, 4) is 5.75 Å². The van der Waals surface area contributed by atoms with Gasteiger partial charge in [-0.15, -0.1) is 0 Å². The maximum Gasteiger partial charge on any atom is 0.326 e. The van der Waals surface area contributed by atoms with Crippen LogP contribution in [-0.4, -0.2) is 18.7 Å². The van der Waals surface area contributed by atoms with Gasteiger partial charge in [0.25, 0.3) is 0 Å². The van der Waals surface area contributed by atoms with Crippen molar-refractivity contribution in [3.05, 3.63) is 53.1 Å². The van der Waals surface area contributed by atoms with Gasteiger partial charge in [-0.25, -0.2) is 4.79 Å². The summed E-state index contributed by atoms with van der Waals surface area (Å²) >= 11 is 6.10. The normalized spacial score (nSPS) is 16.7. The molecular weight excluding hydrogens is 300 g/mol. The lowest BCUT2D eigenvalue weighted by Crippen LogP contribution is -2.44. The molecule has 0 aliphatic carbocycles. The molecule has 1 aliphatic heterocycles. The van der Waals surface area contributed by atoms with Crippen LogP contribution < -0.4 is 15.0 Å². The average Bonchev–Trinajstić information content (AvgIpc) is 2.51. The number of fused-ring (bicyclic) bond motifs is 1. The molecule has 1 heterocycles. The first kappa shape index (κ1) is 14.7. The molecule has 2 aromatic rings. The largest absolute Gasteiger partial charge is 0.487 e. The number of nitrogens with zero attached hydrogens (tertiary/aromatic N) is 1. The van der Waals surface area contributed by atoms with Crippen LogP contribution in [0.3, 0.4) is 0 Å². The van der Waals surface area contributed by atoms with Crippen molar-refractivity contribution in [1.82, 2.24) is 0 Å². The van der Waals surface area contributed by atoms with Crippen LogP contribution in [0.25, 0.3) is 0 Å². The van der Waals surface area contributed by atoms with Crippen LogP contribution in [0, 0.1) is 6.92 Å². The van der Waals surface area contributed by atoms with Crippen LogP contribution in [0.5, 0.6) is 5.75 Å². The van der Waals surface area contributed by atoms with Gasteiger partial charge < -0.3 is 10.1 Å². The Labute approximate surface area is 134 Å². The second kappa shape index (κ2) is 5.89. The highest BCUT2D eigenvalue weighted by Crippen LogP contribution is 2.33. The molecule has 2 aromatic carbocycles. The zero-order valence-corrected chi connectivity index (χ0v) is 13.2. The van der Waals surface area contributed by atoms with E-state index < -0.39 is 0 Å². The molecule has 3 rings (SSSR count). The summed E-state index contributed by atoms with van der Waals surface area (Å²) < 4.78 is 5.76. The topological polar surface area (TPSA) is 41.6 Å². The predicted molar refractivity (Wildman–Crippen MR) is 89.1 cm³/mol. The van der Waals surface area contributed by atoms with Crippen LogP contribution in [0.15, 0.2) is 42.5 Å². The number of hydrogen-bond acceptors (Lipinski definition) is 2. The SMILES string of the molecule is Cc1c(Cl)cccc1NC(=O)N1C[C@@H](C)Oc2ccccc21. The third-order valence-corrected chi connectivity index (χ3v) is 4.09. The van der Waals surface area contributed by atoms with Gasteiger partial charge in [0.05, 0.1) is 12.2 Å². The Kier molecular flexibility index (Phi) is 3.94. The highest BCUT2D eigenvalue weighted by atomic mass is 35.5. The average molecular weight is 317 g/mol. The Bertz CT molecular complexity index is 718. The molecule has 114 valence electrons. The standard InChI is InChI=1S/C17H17ClN2O2/c1-11-10-20(15-8-3-4-9-16(15)22-11)17(21)19-14-7-5-6-13(18)12(14)2/h3-9,11H,10H2,1-2H3,(H,19,21)/t11-/m1/s1. The van der Waals surface area contributed by atoms with Crippen LogP contribution >= 0.6 is 11.6 Å². The van der Waals surface area contributed by atoms with Gasteiger partial charge in [0.15, 0.2) is 0 Å². The number of anilines is 2. The summed E-state index contributed by atoms with van der Waals surface area (Å²) in [6.07, 6.45) is -0.0545. The Balaban J connectivity index is 1.88. The minimum Gasteiger partial charge on any atom is -0.487 e. The fourth-order valence-corrected chi connectivity index (χ4v) is 2.68. The number of hydrogen-bond donors (Lipinski definition) is 1. The molecule has 0 unspecified atom stereocenters. The van der Waals surface area contributed by atoms with Crippen LogP contribution in [0.1, 0.15) is 12.5 Å². The van der Waals surface area contributed by atoms with E-state index in [0.29, 0.717) is 17.3 Å². The fraction of sp³-hybridized carbons (Fsp3) is 0.235. The Hall–Kier alpha value is -2.20. The van der Waals surface area contributed by atoms with Crippen molar-refractivity contribution in [2.24, 2.45) is 0 Å². The maximum absolute atomic E-state index is 12.7. The Morgan fingerprint density at radius 3 is 2.86 bits per heavy atom.